The first-order chi connectivity index (χ1) is 5.33. The van der Waals surface area contributed by atoms with E-state index < -0.39 is 0 Å². The third-order valence-electron chi connectivity index (χ3n) is 2.62. The third-order valence-corrected chi connectivity index (χ3v) is 2.62. The Bertz CT molecular complexity index is 106. The molecule has 2 heteroatoms. The summed E-state index contributed by atoms with van der Waals surface area (Å²) in [6, 6.07) is 1.60. The van der Waals surface area contributed by atoms with Crippen molar-refractivity contribution in [3.8, 4) is 0 Å². The van der Waals surface area contributed by atoms with Crippen molar-refractivity contribution in [3.05, 3.63) is 0 Å². The van der Waals surface area contributed by atoms with Crippen molar-refractivity contribution in [1.29, 1.82) is 0 Å². The first kappa shape index (κ1) is 12.2. The molecule has 74 valence electrons. The van der Waals surface area contributed by atoms with E-state index in [9.17, 15) is 0 Å². The van der Waals surface area contributed by atoms with Gasteiger partial charge in [-0.3, -0.25) is 0 Å². The first-order valence-electron chi connectivity index (χ1n) is 5.09. The van der Waals surface area contributed by atoms with Crippen LogP contribution >= 0.6 is 12.4 Å². The topological polar surface area (TPSA) is 12.0 Å². The summed E-state index contributed by atoms with van der Waals surface area (Å²) in [7, 11) is 0. The number of halogens is 1. The summed E-state index contributed by atoms with van der Waals surface area (Å²) < 4.78 is 0. The molecule has 0 spiro atoms. The molecule has 1 nitrogen and oxygen atoms in total. The molecule has 0 radical (unpaired) electrons. The maximum absolute atomic E-state index is 3.65. The van der Waals surface area contributed by atoms with Crippen LogP contribution in [0.15, 0.2) is 0 Å². The SMILES string of the molecule is CCCC[C@H]1CCC[C@H](C)N1.Cl. The largest absolute Gasteiger partial charge is 0.312 e. The molecule has 1 saturated heterocycles. The number of piperidine rings is 1. The summed E-state index contributed by atoms with van der Waals surface area (Å²) in [5, 5.41) is 3.65. The highest BCUT2D eigenvalue weighted by atomic mass is 35.5. The molecule has 0 bridgehead atoms. The Hall–Kier alpha value is 0.250. The van der Waals surface area contributed by atoms with E-state index >= 15 is 0 Å². The maximum Gasteiger partial charge on any atom is 0.00695 e. The number of hydrogen-bond acceptors (Lipinski definition) is 1. The Balaban J connectivity index is 0.00000121. The summed E-state index contributed by atoms with van der Waals surface area (Å²) in [6.07, 6.45) is 8.34. The predicted octanol–water partition coefficient (Wildman–Crippen LogP) is 3.13. The van der Waals surface area contributed by atoms with E-state index in [1.165, 1.54) is 38.5 Å². The van der Waals surface area contributed by atoms with Crippen molar-refractivity contribution in [1.82, 2.24) is 5.32 Å². The predicted molar refractivity (Wildman–Crippen MR) is 57.0 cm³/mol. The molecule has 0 aromatic heterocycles. The summed E-state index contributed by atoms with van der Waals surface area (Å²) in [5.41, 5.74) is 0. The second kappa shape index (κ2) is 6.73. The van der Waals surface area contributed by atoms with Crippen LogP contribution in [0.2, 0.25) is 0 Å². The fourth-order valence-corrected chi connectivity index (χ4v) is 1.92. The van der Waals surface area contributed by atoms with Crippen LogP contribution in [0.25, 0.3) is 0 Å². The molecular weight excluding hydrogens is 170 g/mol. The van der Waals surface area contributed by atoms with Crippen molar-refractivity contribution < 1.29 is 0 Å². The molecule has 1 heterocycles. The Morgan fingerprint density at radius 3 is 2.67 bits per heavy atom. The van der Waals surface area contributed by atoms with E-state index in [4.69, 9.17) is 0 Å². The molecule has 1 fully saturated rings. The molecule has 0 unspecified atom stereocenters. The lowest BCUT2D eigenvalue weighted by molar-refractivity contribution is 0.317. The van der Waals surface area contributed by atoms with Crippen LogP contribution in [-0.4, -0.2) is 12.1 Å². The van der Waals surface area contributed by atoms with Crippen LogP contribution in [0.3, 0.4) is 0 Å². The van der Waals surface area contributed by atoms with Gasteiger partial charge in [0.25, 0.3) is 0 Å². The van der Waals surface area contributed by atoms with E-state index in [1.54, 1.807) is 0 Å². The first-order valence-corrected chi connectivity index (χ1v) is 5.09. The number of nitrogens with one attached hydrogen (secondary N) is 1. The van der Waals surface area contributed by atoms with Crippen LogP contribution in [0.4, 0.5) is 0 Å². The summed E-state index contributed by atoms with van der Waals surface area (Å²) in [5.74, 6) is 0. The molecule has 1 N–H and O–H groups in total. The average Bonchev–Trinajstić information content (AvgIpc) is 2.01. The lowest BCUT2D eigenvalue weighted by Gasteiger charge is -2.28. The fraction of sp³-hybridized carbons (Fsp3) is 1.00. The van der Waals surface area contributed by atoms with Crippen LogP contribution < -0.4 is 5.32 Å². The molecule has 12 heavy (non-hydrogen) atoms. The third kappa shape index (κ3) is 4.32. The van der Waals surface area contributed by atoms with Gasteiger partial charge in [0, 0.05) is 12.1 Å². The molecule has 1 aliphatic rings. The number of unbranched alkanes of at least 4 members (excludes halogenated alkanes) is 1. The second-order valence-electron chi connectivity index (χ2n) is 3.84. The minimum atomic E-state index is 0. The molecule has 0 amide bonds. The Kier molecular flexibility index (Phi) is 6.87. The van der Waals surface area contributed by atoms with E-state index in [0.29, 0.717) is 0 Å². The smallest absolute Gasteiger partial charge is 0.00695 e. The zero-order valence-electron chi connectivity index (χ0n) is 8.31. The van der Waals surface area contributed by atoms with Gasteiger partial charge in [-0.15, -0.1) is 12.4 Å². The van der Waals surface area contributed by atoms with Gasteiger partial charge in [-0.1, -0.05) is 26.2 Å². The lowest BCUT2D eigenvalue weighted by atomic mass is 9.96. The van der Waals surface area contributed by atoms with Crippen molar-refractivity contribution in [2.45, 2.75) is 64.5 Å². The van der Waals surface area contributed by atoms with Crippen molar-refractivity contribution in [3.63, 3.8) is 0 Å². The molecule has 1 rings (SSSR count). The van der Waals surface area contributed by atoms with Gasteiger partial charge in [-0.05, 0) is 26.2 Å². The zero-order chi connectivity index (χ0) is 8.10. The molecule has 0 aromatic rings. The van der Waals surface area contributed by atoms with E-state index in [-0.39, 0.29) is 12.4 Å². The Morgan fingerprint density at radius 1 is 1.33 bits per heavy atom. The van der Waals surface area contributed by atoms with Gasteiger partial charge in [0.15, 0.2) is 0 Å². The van der Waals surface area contributed by atoms with Crippen LogP contribution in [0.1, 0.15) is 52.4 Å². The van der Waals surface area contributed by atoms with Gasteiger partial charge in [0.05, 0.1) is 0 Å². The van der Waals surface area contributed by atoms with E-state index in [1.807, 2.05) is 0 Å². The Morgan fingerprint density at radius 2 is 2.08 bits per heavy atom. The highest BCUT2D eigenvalue weighted by molar-refractivity contribution is 5.85. The van der Waals surface area contributed by atoms with E-state index in [2.05, 4.69) is 19.2 Å². The molecule has 2 atom stereocenters. The monoisotopic (exact) mass is 191 g/mol. The summed E-state index contributed by atoms with van der Waals surface area (Å²) in [6.45, 7) is 4.57. The van der Waals surface area contributed by atoms with Gasteiger partial charge in [-0.2, -0.15) is 0 Å². The zero-order valence-corrected chi connectivity index (χ0v) is 9.12. The minimum absolute atomic E-state index is 0. The average molecular weight is 192 g/mol. The van der Waals surface area contributed by atoms with Crippen LogP contribution in [0.5, 0.6) is 0 Å². The van der Waals surface area contributed by atoms with Gasteiger partial charge in [0.2, 0.25) is 0 Å². The highest BCUT2D eigenvalue weighted by Crippen LogP contribution is 2.16. The molecular formula is C10H22ClN. The van der Waals surface area contributed by atoms with Crippen LogP contribution in [0, 0.1) is 0 Å². The number of hydrogen-bond donors (Lipinski definition) is 1. The van der Waals surface area contributed by atoms with E-state index in [0.717, 1.165) is 12.1 Å². The molecule has 0 aliphatic carbocycles. The normalized spacial score (nSPS) is 29.5. The summed E-state index contributed by atoms with van der Waals surface area (Å²) >= 11 is 0. The fourth-order valence-electron chi connectivity index (χ4n) is 1.92. The van der Waals surface area contributed by atoms with Gasteiger partial charge >= 0.3 is 0 Å². The molecule has 0 aromatic carbocycles. The number of rotatable bonds is 3. The quantitative estimate of drug-likeness (QED) is 0.723. The van der Waals surface area contributed by atoms with Gasteiger partial charge in [0.1, 0.15) is 0 Å². The van der Waals surface area contributed by atoms with Crippen LogP contribution in [-0.2, 0) is 0 Å². The standard InChI is InChI=1S/C10H21N.ClH/c1-3-4-7-10-8-5-6-9(2)11-10;/h9-11H,3-8H2,1-2H3;1H/t9-,10-;/m0./s1. The summed E-state index contributed by atoms with van der Waals surface area (Å²) in [4.78, 5) is 0. The molecule has 1 aliphatic heterocycles. The van der Waals surface area contributed by atoms with Crippen molar-refractivity contribution in [2.24, 2.45) is 0 Å². The molecule has 0 saturated carbocycles. The Labute approximate surface area is 82.7 Å². The minimum Gasteiger partial charge on any atom is -0.312 e. The van der Waals surface area contributed by atoms with Crippen molar-refractivity contribution >= 4 is 12.4 Å². The van der Waals surface area contributed by atoms with Gasteiger partial charge in [-0.25, -0.2) is 0 Å². The van der Waals surface area contributed by atoms with Gasteiger partial charge < -0.3 is 5.32 Å². The van der Waals surface area contributed by atoms with Crippen molar-refractivity contribution in [2.75, 3.05) is 0 Å². The lowest BCUT2D eigenvalue weighted by Crippen LogP contribution is -2.40. The maximum atomic E-state index is 3.65. The highest BCUT2D eigenvalue weighted by Gasteiger charge is 2.16. The second-order valence-corrected chi connectivity index (χ2v) is 3.84.